The number of carbonyl (C=O) groups is 2. The highest BCUT2D eigenvalue weighted by molar-refractivity contribution is 6.04. The normalized spacial score (nSPS) is 25.2. The van der Waals surface area contributed by atoms with E-state index in [0.29, 0.717) is 0 Å². The molecule has 0 aromatic heterocycles. The fourth-order valence-corrected chi connectivity index (χ4v) is 3.04. The summed E-state index contributed by atoms with van der Waals surface area (Å²) in [6.07, 6.45) is 3.66. The molecule has 2 atom stereocenters. The quantitative estimate of drug-likeness (QED) is 0.529. The summed E-state index contributed by atoms with van der Waals surface area (Å²) < 4.78 is 9.63. The molecule has 0 aromatic rings. The zero-order chi connectivity index (χ0) is 13.1. The summed E-state index contributed by atoms with van der Waals surface area (Å²) in [6.45, 7) is 4.11. The summed E-state index contributed by atoms with van der Waals surface area (Å²) in [5, 5.41) is 0. The van der Waals surface area contributed by atoms with E-state index in [1.54, 1.807) is 0 Å². The topological polar surface area (TPSA) is 52.6 Å². The smallest absolute Gasteiger partial charge is 0.323 e. The molecule has 4 heteroatoms. The lowest BCUT2D eigenvalue weighted by molar-refractivity contribution is -0.163. The van der Waals surface area contributed by atoms with E-state index < -0.39 is 17.4 Å². The Kier molecular flexibility index (Phi) is 4.54. The summed E-state index contributed by atoms with van der Waals surface area (Å²) in [4.78, 5) is 23.9. The van der Waals surface area contributed by atoms with E-state index in [9.17, 15) is 9.59 Å². The lowest BCUT2D eigenvalue weighted by atomic mass is 9.99. The molecule has 1 fully saturated rings. The number of carbonyl (C=O) groups excluding carboxylic acids is 2. The minimum absolute atomic E-state index is 0.0901. The number of esters is 2. The van der Waals surface area contributed by atoms with Gasteiger partial charge in [-0.25, -0.2) is 0 Å². The Morgan fingerprint density at radius 1 is 0.941 bits per heavy atom. The van der Waals surface area contributed by atoms with Crippen LogP contribution >= 0.6 is 0 Å². The first-order chi connectivity index (χ1) is 8.10. The molecule has 98 valence electrons. The Hall–Kier alpha value is -1.06. The average Bonchev–Trinajstić information content (AvgIpc) is 2.97. The van der Waals surface area contributed by atoms with Crippen molar-refractivity contribution in [2.75, 3.05) is 14.2 Å². The highest BCUT2D eigenvalue weighted by Crippen LogP contribution is 2.64. The molecule has 0 N–H and O–H groups in total. The molecule has 0 radical (unpaired) electrons. The first kappa shape index (κ1) is 14.0. The minimum Gasteiger partial charge on any atom is -0.468 e. The van der Waals surface area contributed by atoms with Crippen molar-refractivity contribution < 1.29 is 19.1 Å². The van der Waals surface area contributed by atoms with Gasteiger partial charge in [0.05, 0.1) is 14.2 Å². The van der Waals surface area contributed by atoms with Crippen molar-refractivity contribution in [3.8, 4) is 0 Å². The third kappa shape index (κ3) is 2.05. The van der Waals surface area contributed by atoms with Gasteiger partial charge in [-0.05, 0) is 24.7 Å². The fraction of sp³-hybridized carbons (Fsp3) is 0.846. The maximum absolute atomic E-state index is 11.9. The maximum Gasteiger partial charge on any atom is 0.323 e. The molecule has 0 bridgehead atoms. The fourth-order valence-electron chi connectivity index (χ4n) is 3.04. The number of hydrogen-bond donors (Lipinski definition) is 0. The zero-order valence-electron chi connectivity index (χ0n) is 11.1. The van der Waals surface area contributed by atoms with E-state index in [2.05, 4.69) is 13.8 Å². The van der Waals surface area contributed by atoms with Gasteiger partial charge in [0.15, 0.2) is 5.41 Å². The second-order valence-electron chi connectivity index (χ2n) is 4.64. The summed E-state index contributed by atoms with van der Waals surface area (Å²) in [5.74, 6) is -0.679. The van der Waals surface area contributed by atoms with Gasteiger partial charge in [-0.15, -0.1) is 0 Å². The van der Waals surface area contributed by atoms with E-state index in [1.165, 1.54) is 14.2 Å². The average molecular weight is 242 g/mol. The molecule has 1 rings (SSSR count). The van der Waals surface area contributed by atoms with E-state index in [0.717, 1.165) is 25.7 Å². The zero-order valence-corrected chi connectivity index (χ0v) is 11.1. The molecule has 0 aliphatic heterocycles. The van der Waals surface area contributed by atoms with Crippen LogP contribution in [0.1, 0.15) is 39.5 Å². The van der Waals surface area contributed by atoms with Crippen LogP contribution in [0.3, 0.4) is 0 Å². The SMILES string of the molecule is CCC[C@@H]1[C@@H](CCC)C1(C(=O)OC)C(=O)OC. The van der Waals surface area contributed by atoms with Gasteiger partial charge in [0.1, 0.15) is 0 Å². The number of hydrogen-bond acceptors (Lipinski definition) is 4. The van der Waals surface area contributed by atoms with Crippen molar-refractivity contribution in [1.29, 1.82) is 0 Å². The maximum atomic E-state index is 11.9. The molecule has 1 aliphatic carbocycles. The van der Waals surface area contributed by atoms with E-state index in [1.807, 2.05) is 0 Å². The summed E-state index contributed by atoms with van der Waals surface area (Å²) in [6, 6.07) is 0. The first-order valence-electron chi connectivity index (χ1n) is 6.27. The predicted molar refractivity (Wildman–Crippen MR) is 63.3 cm³/mol. The van der Waals surface area contributed by atoms with Crippen LogP contribution in [0.25, 0.3) is 0 Å². The lowest BCUT2D eigenvalue weighted by Crippen LogP contribution is -2.32. The Morgan fingerprint density at radius 3 is 1.53 bits per heavy atom. The van der Waals surface area contributed by atoms with Gasteiger partial charge in [0.2, 0.25) is 0 Å². The molecule has 0 saturated heterocycles. The van der Waals surface area contributed by atoms with Gasteiger partial charge in [-0.1, -0.05) is 26.7 Å². The highest BCUT2D eigenvalue weighted by Gasteiger charge is 2.74. The van der Waals surface area contributed by atoms with Crippen LogP contribution in [0.15, 0.2) is 0 Å². The van der Waals surface area contributed by atoms with Crippen LogP contribution in [-0.4, -0.2) is 26.2 Å². The van der Waals surface area contributed by atoms with Crippen LogP contribution in [0, 0.1) is 17.3 Å². The summed E-state index contributed by atoms with van der Waals surface area (Å²) in [5.41, 5.74) is -1.02. The molecular formula is C13H22O4. The number of ether oxygens (including phenoxy) is 2. The van der Waals surface area contributed by atoms with Gasteiger partial charge >= 0.3 is 11.9 Å². The molecule has 1 saturated carbocycles. The van der Waals surface area contributed by atoms with Crippen molar-refractivity contribution in [3.63, 3.8) is 0 Å². The Bertz CT molecular complexity index is 268. The lowest BCUT2D eigenvalue weighted by Gasteiger charge is -2.13. The van der Waals surface area contributed by atoms with Crippen LogP contribution < -0.4 is 0 Å². The second-order valence-corrected chi connectivity index (χ2v) is 4.64. The van der Waals surface area contributed by atoms with Crippen molar-refractivity contribution in [1.82, 2.24) is 0 Å². The molecule has 1 aliphatic rings. The predicted octanol–water partition coefficient (Wildman–Crippen LogP) is 2.17. The van der Waals surface area contributed by atoms with Gasteiger partial charge in [-0.3, -0.25) is 9.59 Å². The van der Waals surface area contributed by atoms with Gasteiger partial charge < -0.3 is 9.47 Å². The second kappa shape index (κ2) is 5.52. The highest BCUT2D eigenvalue weighted by atomic mass is 16.5. The largest absolute Gasteiger partial charge is 0.468 e. The van der Waals surface area contributed by atoms with Crippen molar-refractivity contribution in [2.24, 2.45) is 17.3 Å². The van der Waals surface area contributed by atoms with E-state index >= 15 is 0 Å². The molecular weight excluding hydrogens is 220 g/mol. The van der Waals surface area contributed by atoms with Crippen molar-refractivity contribution in [2.45, 2.75) is 39.5 Å². The van der Waals surface area contributed by atoms with Crippen LogP contribution in [0.5, 0.6) is 0 Å². The van der Waals surface area contributed by atoms with Crippen LogP contribution in [-0.2, 0) is 19.1 Å². The van der Waals surface area contributed by atoms with Crippen molar-refractivity contribution >= 4 is 11.9 Å². The third-order valence-electron chi connectivity index (χ3n) is 3.79. The molecule has 0 heterocycles. The standard InChI is InChI=1S/C13H22O4/c1-5-7-9-10(8-6-2)13(9,11(14)16-3)12(15)17-4/h9-10H,5-8H2,1-4H3/t9-,10-/m1/s1. The Morgan fingerprint density at radius 2 is 1.29 bits per heavy atom. The third-order valence-corrected chi connectivity index (χ3v) is 3.79. The minimum atomic E-state index is -1.02. The number of rotatable bonds is 6. The number of methoxy groups -OCH3 is 2. The van der Waals surface area contributed by atoms with Gasteiger partial charge in [-0.2, -0.15) is 0 Å². The molecule has 0 spiro atoms. The molecule has 4 nitrogen and oxygen atoms in total. The van der Waals surface area contributed by atoms with E-state index in [-0.39, 0.29) is 11.8 Å². The Labute approximate surface area is 103 Å². The van der Waals surface area contributed by atoms with Crippen molar-refractivity contribution in [3.05, 3.63) is 0 Å². The van der Waals surface area contributed by atoms with Crippen LogP contribution in [0.4, 0.5) is 0 Å². The molecule has 0 aromatic carbocycles. The molecule has 17 heavy (non-hydrogen) atoms. The van der Waals surface area contributed by atoms with Crippen LogP contribution in [0.2, 0.25) is 0 Å². The summed E-state index contributed by atoms with van der Waals surface area (Å²) in [7, 11) is 2.66. The summed E-state index contributed by atoms with van der Waals surface area (Å²) >= 11 is 0. The monoisotopic (exact) mass is 242 g/mol. The van der Waals surface area contributed by atoms with Gasteiger partial charge in [0, 0.05) is 0 Å². The molecule has 0 amide bonds. The molecule has 0 unspecified atom stereocenters. The first-order valence-corrected chi connectivity index (χ1v) is 6.27. The Balaban J connectivity index is 2.98. The van der Waals surface area contributed by atoms with Gasteiger partial charge in [0.25, 0.3) is 0 Å². The van der Waals surface area contributed by atoms with E-state index in [4.69, 9.17) is 9.47 Å².